The van der Waals surface area contributed by atoms with Crippen molar-refractivity contribution in [3.8, 4) is 5.75 Å². The Morgan fingerprint density at radius 2 is 1.97 bits per heavy atom. The zero-order valence-corrected chi connectivity index (χ0v) is 19.7. The van der Waals surface area contributed by atoms with Crippen LogP contribution in [0.4, 0.5) is 11.4 Å². The molecule has 10 heteroatoms. The standard InChI is InChI=1S/C22H31N5O4S/c1-5-7-16(21(29)25-11-10-13(2)3)27(14-8-6-9-15(12-14)31-4)22(30)19-17(23)18(20(24)28)26-32-19/h6,8-9,12-13,16H,5,7,10-11,23H2,1-4H3,(H2,24,28)(H,25,29)/t16-/m1/s1. The van der Waals surface area contributed by atoms with Crippen LogP contribution in [0.5, 0.6) is 5.75 Å². The van der Waals surface area contributed by atoms with Gasteiger partial charge in [0.1, 0.15) is 16.7 Å². The van der Waals surface area contributed by atoms with Gasteiger partial charge in [-0.25, -0.2) is 0 Å². The summed E-state index contributed by atoms with van der Waals surface area (Å²) in [7, 11) is 1.52. The van der Waals surface area contributed by atoms with Crippen molar-refractivity contribution >= 4 is 40.6 Å². The number of hydrogen-bond donors (Lipinski definition) is 3. The molecule has 0 aliphatic heterocycles. The average molecular weight is 462 g/mol. The first kappa shape index (κ1) is 25.1. The second-order valence-corrected chi connectivity index (χ2v) is 8.57. The number of ether oxygens (including phenoxy) is 1. The lowest BCUT2D eigenvalue weighted by atomic mass is 10.1. The van der Waals surface area contributed by atoms with Crippen molar-refractivity contribution in [2.75, 3.05) is 24.3 Å². The molecule has 0 spiro atoms. The van der Waals surface area contributed by atoms with Gasteiger partial charge in [-0.1, -0.05) is 33.3 Å². The van der Waals surface area contributed by atoms with Crippen molar-refractivity contribution in [3.05, 3.63) is 34.8 Å². The summed E-state index contributed by atoms with van der Waals surface area (Å²) in [4.78, 5) is 39.8. The summed E-state index contributed by atoms with van der Waals surface area (Å²) in [5.41, 5.74) is 11.6. The molecule has 1 heterocycles. The smallest absolute Gasteiger partial charge is 0.272 e. The number of nitrogens with two attached hydrogens (primary N) is 2. The molecule has 2 rings (SSSR count). The Kier molecular flexibility index (Phi) is 9.01. The Bertz CT molecular complexity index is 960. The van der Waals surface area contributed by atoms with Gasteiger partial charge in [0.25, 0.3) is 11.8 Å². The molecule has 1 aromatic carbocycles. The van der Waals surface area contributed by atoms with Gasteiger partial charge in [-0.05, 0) is 42.4 Å². The summed E-state index contributed by atoms with van der Waals surface area (Å²) < 4.78 is 9.24. The Labute approximate surface area is 192 Å². The second kappa shape index (κ2) is 11.5. The van der Waals surface area contributed by atoms with E-state index >= 15 is 0 Å². The quantitative estimate of drug-likeness (QED) is 0.470. The fraction of sp³-hybridized carbons (Fsp3) is 0.455. The Morgan fingerprint density at radius 1 is 1.25 bits per heavy atom. The number of rotatable bonds is 11. The van der Waals surface area contributed by atoms with E-state index in [1.54, 1.807) is 24.3 Å². The van der Waals surface area contributed by atoms with Crippen LogP contribution >= 0.6 is 11.5 Å². The van der Waals surface area contributed by atoms with Crippen LogP contribution < -0.4 is 26.4 Å². The summed E-state index contributed by atoms with van der Waals surface area (Å²) in [5.74, 6) is -0.645. The van der Waals surface area contributed by atoms with Crippen LogP contribution in [-0.2, 0) is 4.79 Å². The summed E-state index contributed by atoms with van der Waals surface area (Å²) in [6, 6.07) is 6.09. The van der Waals surface area contributed by atoms with E-state index in [-0.39, 0.29) is 22.2 Å². The fourth-order valence-electron chi connectivity index (χ4n) is 3.19. The van der Waals surface area contributed by atoms with E-state index in [9.17, 15) is 14.4 Å². The molecule has 174 valence electrons. The van der Waals surface area contributed by atoms with E-state index in [0.717, 1.165) is 18.0 Å². The molecule has 0 radical (unpaired) electrons. The highest BCUT2D eigenvalue weighted by Gasteiger charge is 2.34. The van der Waals surface area contributed by atoms with Crippen molar-refractivity contribution in [1.82, 2.24) is 9.69 Å². The predicted octanol–water partition coefficient (Wildman–Crippen LogP) is 2.81. The zero-order chi connectivity index (χ0) is 23.8. The summed E-state index contributed by atoms with van der Waals surface area (Å²) in [6.45, 7) is 6.59. The number of amides is 3. The average Bonchev–Trinajstić information content (AvgIpc) is 3.14. The maximum absolute atomic E-state index is 13.6. The minimum absolute atomic E-state index is 0.0534. The van der Waals surface area contributed by atoms with Crippen LogP contribution in [0.15, 0.2) is 24.3 Å². The number of nitrogens with zero attached hydrogens (tertiary/aromatic N) is 2. The van der Waals surface area contributed by atoms with Crippen LogP contribution in [0.2, 0.25) is 0 Å². The van der Waals surface area contributed by atoms with Gasteiger partial charge in [0, 0.05) is 18.3 Å². The molecule has 0 unspecified atom stereocenters. The number of aromatic nitrogens is 1. The molecule has 5 N–H and O–H groups in total. The molecular weight excluding hydrogens is 430 g/mol. The van der Waals surface area contributed by atoms with Crippen LogP contribution in [-0.4, -0.2) is 41.8 Å². The topological polar surface area (TPSA) is 141 Å². The van der Waals surface area contributed by atoms with Crippen molar-refractivity contribution in [3.63, 3.8) is 0 Å². The minimum Gasteiger partial charge on any atom is -0.497 e. The van der Waals surface area contributed by atoms with Crippen LogP contribution in [0, 0.1) is 5.92 Å². The number of benzene rings is 1. The van der Waals surface area contributed by atoms with Crippen molar-refractivity contribution in [2.24, 2.45) is 11.7 Å². The second-order valence-electron chi connectivity index (χ2n) is 7.79. The van der Waals surface area contributed by atoms with Gasteiger partial charge >= 0.3 is 0 Å². The van der Waals surface area contributed by atoms with E-state index in [2.05, 4.69) is 23.5 Å². The molecule has 2 aromatic rings. The molecular formula is C22H31N5O4S. The van der Waals surface area contributed by atoms with E-state index in [0.29, 0.717) is 36.7 Å². The van der Waals surface area contributed by atoms with Crippen LogP contribution in [0.1, 0.15) is 60.2 Å². The third-order valence-electron chi connectivity index (χ3n) is 4.90. The highest BCUT2D eigenvalue weighted by atomic mass is 32.1. The Balaban J connectivity index is 2.51. The number of carbonyl (C=O) groups excluding carboxylic acids is 3. The number of hydrogen-bond acceptors (Lipinski definition) is 7. The predicted molar refractivity (Wildman–Crippen MR) is 126 cm³/mol. The lowest BCUT2D eigenvalue weighted by Gasteiger charge is -2.31. The van der Waals surface area contributed by atoms with Crippen molar-refractivity contribution < 1.29 is 19.1 Å². The number of carbonyl (C=O) groups is 3. The molecule has 3 amide bonds. The number of methoxy groups -OCH3 is 1. The van der Waals surface area contributed by atoms with Gasteiger partial charge in [-0.3, -0.25) is 19.3 Å². The monoisotopic (exact) mass is 461 g/mol. The molecule has 32 heavy (non-hydrogen) atoms. The van der Waals surface area contributed by atoms with E-state index in [4.69, 9.17) is 16.2 Å². The van der Waals surface area contributed by atoms with Crippen molar-refractivity contribution in [2.45, 2.75) is 46.1 Å². The molecule has 0 bridgehead atoms. The molecule has 1 atom stereocenters. The third-order valence-corrected chi connectivity index (χ3v) is 5.75. The summed E-state index contributed by atoms with van der Waals surface area (Å²) in [6.07, 6.45) is 1.92. The van der Waals surface area contributed by atoms with E-state index < -0.39 is 17.9 Å². The first-order valence-electron chi connectivity index (χ1n) is 10.5. The Hall–Kier alpha value is -3.14. The van der Waals surface area contributed by atoms with Crippen LogP contribution in [0.25, 0.3) is 0 Å². The lowest BCUT2D eigenvalue weighted by molar-refractivity contribution is -0.122. The van der Waals surface area contributed by atoms with Crippen molar-refractivity contribution in [1.29, 1.82) is 0 Å². The number of anilines is 2. The number of nitrogen functional groups attached to an aromatic ring is 1. The molecule has 0 saturated heterocycles. The fourth-order valence-corrected chi connectivity index (χ4v) is 3.93. The van der Waals surface area contributed by atoms with Gasteiger partial charge in [0.2, 0.25) is 5.91 Å². The normalized spacial score (nSPS) is 11.8. The minimum atomic E-state index is -0.817. The van der Waals surface area contributed by atoms with Gasteiger partial charge in [-0.2, -0.15) is 4.37 Å². The number of primary amides is 1. The highest BCUT2D eigenvalue weighted by Crippen LogP contribution is 2.30. The molecule has 0 aliphatic rings. The van der Waals surface area contributed by atoms with Gasteiger partial charge in [0.15, 0.2) is 5.69 Å². The maximum Gasteiger partial charge on any atom is 0.272 e. The SMILES string of the molecule is CCC[C@H](C(=O)NCCC(C)C)N(C(=O)c1snc(C(N)=O)c1N)c1cccc(OC)c1. The van der Waals surface area contributed by atoms with Crippen LogP contribution in [0.3, 0.4) is 0 Å². The summed E-state index contributed by atoms with van der Waals surface area (Å²) >= 11 is 0.785. The van der Waals surface area contributed by atoms with E-state index in [1.165, 1.54) is 12.0 Å². The molecule has 9 nitrogen and oxygen atoms in total. The van der Waals surface area contributed by atoms with E-state index in [1.807, 2.05) is 6.92 Å². The molecule has 1 aromatic heterocycles. The van der Waals surface area contributed by atoms with Gasteiger partial charge in [0.05, 0.1) is 12.8 Å². The largest absolute Gasteiger partial charge is 0.497 e. The highest BCUT2D eigenvalue weighted by molar-refractivity contribution is 7.09. The third kappa shape index (κ3) is 5.97. The molecule has 0 aliphatic carbocycles. The zero-order valence-electron chi connectivity index (χ0n) is 18.9. The molecule has 0 saturated carbocycles. The first-order chi connectivity index (χ1) is 15.2. The van der Waals surface area contributed by atoms with Gasteiger partial charge in [-0.15, -0.1) is 0 Å². The lowest BCUT2D eigenvalue weighted by Crippen LogP contribution is -2.50. The van der Waals surface area contributed by atoms with Gasteiger partial charge < -0.3 is 21.5 Å². The summed E-state index contributed by atoms with van der Waals surface area (Å²) in [5, 5.41) is 2.94. The first-order valence-corrected chi connectivity index (χ1v) is 11.3. The molecule has 0 fully saturated rings. The number of nitrogens with one attached hydrogen (secondary N) is 1. The maximum atomic E-state index is 13.6. The Morgan fingerprint density at radius 3 is 2.53 bits per heavy atom.